The van der Waals surface area contributed by atoms with Gasteiger partial charge in [0.05, 0.1) is 12.2 Å². The highest BCUT2D eigenvalue weighted by Gasteiger charge is 2.37. The van der Waals surface area contributed by atoms with Crippen LogP contribution in [0.2, 0.25) is 0 Å². The topological polar surface area (TPSA) is 93.9 Å². The average Bonchev–Trinajstić information content (AvgIpc) is 2.72. The molecule has 0 saturated carbocycles. The molecule has 6 nitrogen and oxygen atoms in total. The summed E-state index contributed by atoms with van der Waals surface area (Å²) in [4.78, 5) is 12.8. The lowest BCUT2D eigenvalue weighted by molar-refractivity contribution is -0.0588. The summed E-state index contributed by atoms with van der Waals surface area (Å²) in [6.45, 7) is 2.69. The van der Waals surface area contributed by atoms with Crippen LogP contribution in [0.5, 0.6) is 11.5 Å². The minimum absolute atomic E-state index is 0.200. The molecule has 0 aliphatic heterocycles. The van der Waals surface area contributed by atoms with Gasteiger partial charge in [0.25, 0.3) is 0 Å². The Morgan fingerprint density at radius 1 is 1.16 bits per heavy atom. The molecule has 168 valence electrons. The number of carboxylic acids is 1. The molecule has 0 unspecified atom stereocenters. The molecular weight excluding hydrogens is 413 g/mol. The first-order chi connectivity index (χ1) is 14.6. The molecule has 0 atom stereocenters. The Labute approximate surface area is 178 Å². The number of ether oxygens (including phenoxy) is 1. The number of hydrogen-bond acceptors (Lipinski definition) is 5. The monoisotopic (exact) mass is 438 g/mol. The van der Waals surface area contributed by atoms with Gasteiger partial charge in [-0.25, -0.2) is 4.79 Å². The van der Waals surface area contributed by atoms with Crippen LogP contribution in [0.4, 0.5) is 18.9 Å². The highest BCUT2D eigenvalue weighted by molar-refractivity contribution is 6.04. The highest BCUT2D eigenvalue weighted by atomic mass is 19.4. The lowest BCUT2D eigenvalue weighted by Gasteiger charge is -2.20. The summed E-state index contributed by atoms with van der Waals surface area (Å²) in [5.74, 6) is -1.27. The van der Waals surface area contributed by atoms with Crippen LogP contribution in [-0.2, 0) is 6.42 Å². The largest absolute Gasteiger partial charge is 0.507 e. The Balaban J connectivity index is 2.02. The number of carbonyl (C=O) groups is 1. The molecule has 0 saturated heterocycles. The molecule has 2 aromatic rings. The minimum atomic E-state index is -4.85. The number of rotatable bonds is 10. The number of aromatic carboxylic acids is 1. The molecule has 0 amide bonds. The maximum atomic E-state index is 12.9. The number of phenols is 1. The Hall–Kier alpha value is -3.23. The van der Waals surface area contributed by atoms with Crippen LogP contribution < -0.4 is 9.64 Å². The molecule has 0 radical (unpaired) electrons. The number of hydrogen-bond donors (Lipinski definition) is 3. The van der Waals surface area contributed by atoms with E-state index in [4.69, 9.17) is 15.3 Å². The van der Waals surface area contributed by atoms with Gasteiger partial charge in [-0.3, -0.25) is 5.41 Å². The van der Waals surface area contributed by atoms with Gasteiger partial charge in [0.1, 0.15) is 17.2 Å². The van der Waals surface area contributed by atoms with Crippen LogP contribution in [0.1, 0.15) is 41.3 Å². The van der Waals surface area contributed by atoms with E-state index in [1.165, 1.54) is 18.2 Å². The number of carboxylic acid groups (broad SMARTS) is 1. The third-order valence-electron chi connectivity index (χ3n) is 4.74. The summed E-state index contributed by atoms with van der Waals surface area (Å²) in [6, 6.07) is 8.85. The molecule has 3 N–H and O–H groups in total. The SMILES string of the molecule is CCCc1c(OCCCN(C)c2ccc(C(=O)O)cc2)ccc(C(=N)C(F)(F)F)c1O. The molecule has 0 spiro atoms. The first-order valence-electron chi connectivity index (χ1n) is 9.74. The summed E-state index contributed by atoms with van der Waals surface area (Å²) < 4.78 is 44.3. The molecule has 2 rings (SSSR count). The third kappa shape index (κ3) is 6.13. The number of alkyl halides is 3. The molecule has 0 aliphatic carbocycles. The van der Waals surface area contributed by atoms with Gasteiger partial charge in [-0.05, 0) is 49.2 Å². The van der Waals surface area contributed by atoms with Crippen molar-refractivity contribution in [1.29, 1.82) is 5.41 Å². The molecular formula is C22H25F3N2O4. The molecule has 0 heterocycles. The van der Waals surface area contributed by atoms with Crippen molar-refractivity contribution in [3.63, 3.8) is 0 Å². The van der Waals surface area contributed by atoms with E-state index in [0.29, 0.717) is 31.6 Å². The number of benzene rings is 2. The zero-order valence-electron chi connectivity index (χ0n) is 17.3. The molecule has 0 bridgehead atoms. The zero-order chi connectivity index (χ0) is 23.2. The van der Waals surface area contributed by atoms with E-state index in [9.17, 15) is 23.1 Å². The van der Waals surface area contributed by atoms with Gasteiger partial charge in [-0.15, -0.1) is 0 Å². The summed E-state index contributed by atoms with van der Waals surface area (Å²) in [5, 5.41) is 26.6. The predicted octanol–water partition coefficient (Wildman–Crippen LogP) is 4.88. The normalized spacial score (nSPS) is 11.3. The Morgan fingerprint density at radius 3 is 2.35 bits per heavy atom. The first kappa shape index (κ1) is 24.0. The van der Waals surface area contributed by atoms with E-state index in [1.54, 1.807) is 12.1 Å². The number of halogens is 3. The van der Waals surface area contributed by atoms with Crippen molar-refractivity contribution in [2.75, 3.05) is 25.1 Å². The van der Waals surface area contributed by atoms with Crippen molar-refractivity contribution in [2.24, 2.45) is 0 Å². The quantitative estimate of drug-likeness (QED) is 0.363. The van der Waals surface area contributed by atoms with E-state index < -0.39 is 29.2 Å². The summed E-state index contributed by atoms with van der Waals surface area (Å²) >= 11 is 0. The Bertz CT molecular complexity index is 928. The van der Waals surface area contributed by atoms with Crippen LogP contribution in [0.25, 0.3) is 0 Å². The van der Waals surface area contributed by atoms with Crippen molar-refractivity contribution < 1.29 is 32.9 Å². The van der Waals surface area contributed by atoms with Gasteiger partial charge < -0.3 is 19.8 Å². The average molecular weight is 438 g/mol. The van der Waals surface area contributed by atoms with Crippen LogP contribution in [-0.4, -0.2) is 48.3 Å². The first-order valence-corrected chi connectivity index (χ1v) is 9.74. The van der Waals surface area contributed by atoms with Gasteiger partial charge in [0, 0.05) is 30.4 Å². The van der Waals surface area contributed by atoms with Crippen molar-refractivity contribution in [3.05, 3.63) is 53.1 Å². The lowest BCUT2D eigenvalue weighted by Crippen LogP contribution is -2.23. The van der Waals surface area contributed by atoms with Gasteiger partial charge in [-0.2, -0.15) is 13.2 Å². The fourth-order valence-electron chi connectivity index (χ4n) is 3.07. The van der Waals surface area contributed by atoms with Gasteiger partial charge in [-0.1, -0.05) is 13.3 Å². The fourth-order valence-corrected chi connectivity index (χ4v) is 3.07. The molecule has 2 aromatic carbocycles. The van der Waals surface area contributed by atoms with Crippen molar-refractivity contribution in [2.45, 2.75) is 32.4 Å². The van der Waals surface area contributed by atoms with Crippen LogP contribution >= 0.6 is 0 Å². The lowest BCUT2D eigenvalue weighted by atomic mass is 10.00. The van der Waals surface area contributed by atoms with E-state index in [1.807, 2.05) is 18.9 Å². The van der Waals surface area contributed by atoms with E-state index in [-0.39, 0.29) is 17.7 Å². The van der Waals surface area contributed by atoms with Crippen molar-refractivity contribution >= 4 is 17.4 Å². The second kappa shape index (κ2) is 10.2. The van der Waals surface area contributed by atoms with Crippen molar-refractivity contribution in [1.82, 2.24) is 0 Å². The van der Waals surface area contributed by atoms with Crippen LogP contribution in [0.15, 0.2) is 36.4 Å². The maximum Gasteiger partial charge on any atom is 0.433 e. The Kier molecular flexibility index (Phi) is 7.90. The van der Waals surface area contributed by atoms with Gasteiger partial charge in [0.2, 0.25) is 0 Å². The van der Waals surface area contributed by atoms with E-state index in [2.05, 4.69) is 0 Å². The number of aromatic hydroxyl groups is 1. The molecule has 0 fully saturated rings. The van der Waals surface area contributed by atoms with E-state index in [0.717, 1.165) is 11.8 Å². The second-order valence-corrected chi connectivity index (χ2v) is 7.04. The molecule has 31 heavy (non-hydrogen) atoms. The number of anilines is 1. The maximum absolute atomic E-state index is 12.9. The molecule has 9 heteroatoms. The number of nitrogens with zero attached hydrogens (tertiary/aromatic N) is 1. The molecule has 0 aliphatic rings. The fraction of sp³-hybridized carbons (Fsp3) is 0.364. The third-order valence-corrected chi connectivity index (χ3v) is 4.74. The summed E-state index contributed by atoms with van der Waals surface area (Å²) in [6.07, 6.45) is -3.36. The smallest absolute Gasteiger partial charge is 0.433 e. The number of nitrogens with one attached hydrogen (secondary N) is 1. The Morgan fingerprint density at radius 2 is 1.81 bits per heavy atom. The summed E-state index contributed by atoms with van der Waals surface area (Å²) in [5.41, 5.74) is -0.862. The number of phenolic OH excluding ortho intramolecular Hbond substituents is 1. The van der Waals surface area contributed by atoms with E-state index >= 15 is 0 Å². The summed E-state index contributed by atoms with van der Waals surface area (Å²) in [7, 11) is 1.85. The van der Waals surface area contributed by atoms with Gasteiger partial charge in [0.15, 0.2) is 0 Å². The van der Waals surface area contributed by atoms with Crippen LogP contribution in [0.3, 0.4) is 0 Å². The van der Waals surface area contributed by atoms with Crippen molar-refractivity contribution in [3.8, 4) is 11.5 Å². The minimum Gasteiger partial charge on any atom is -0.507 e. The zero-order valence-corrected chi connectivity index (χ0v) is 17.3. The van der Waals surface area contributed by atoms with Crippen LogP contribution in [0, 0.1) is 5.41 Å². The molecule has 0 aromatic heterocycles. The predicted molar refractivity (Wildman–Crippen MR) is 112 cm³/mol. The second-order valence-electron chi connectivity index (χ2n) is 7.04. The highest BCUT2D eigenvalue weighted by Crippen LogP contribution is 2.36. The van der Waals surface area contributed by atoms with Gasteiger partial charge >= 0.3 is 12.1 Å². The standard InChI is InChI=1S/C22H25F3N2O4/c1-3-5-16-18(11-10-17(19(16)28)20(26)22(23,24)25)31-13-4-12-27(2)15-8-6-14(7-9-15)21(29)30/h6-11,26,28H,3-5,12-13H2,1-2H3,(H,29,30).